The first-order valence-electron chi connectivity index (χ1n) is 8.52. The molecular formula is C20H21NO4S. The number of nitrogens with one attached hydrogen (secondary N) is 1. The predicted molar refractivity (Wildman–Crippen MR) is 102 cm³/mol. The average Bonchev–Trinajstić information content (AvgIpc) is 2.65. The minimum Gasteiger partial charge on any atom is -0.481 e. The Kier molecular flexibility index (Phi) is 6.30. The summed E-state index contributed by atoms with van der Waals surface area (Å²) in [5.74, 6) is 0.317. The second kappa shape index (κ2) is 8.87. The molecule has 1 heterocycles. The van der Waals surface area contributed by atoms with Crippen LogP contribution < -0.4 is 5.32 Å². The van der Waals surface area contributed by atoms with E-state index in [1.54, 1.807) is 11.8 Å². The molecule has 2 aromatic rings. The molecule has 1 amide bonds. The molecule has 3 rings (SSSR count). The van der Waals surface area contributed by atoms with E-state index in [9.17, 15) is 9.59 Å². The molecular weight excluding hydrogens is 350 g/mol. The lowest BCUT2D eigenvalue weighted by Gasteiger charge is -2.25. The highest BCUT2D eigenvalue weighted by Gasteiger charge is 2.27. The van der Waals surface area contributed by atoms with Gasteiger partial charge in [-0.15, -0.1) is 0 Å². The number of carbonyl (C=O) groups excluding carboxylic acids is 1. The number of aliphatic carboxylic acids is 1. The topological polar surface area (TPSA) is 75.6 Å². The number of carbonyl (C=O) groups is 2. The van der Waals surface area contributed by atoms with Gasteiger partial charge in [-0.1, -0.05) is 36.4 Å². The third-order valence-electron chi connectivity index (χ3n) is 4.16. The molecule has 0 radical (unpaired) electrons. The van der Waals surface area contributed by atoms with Gasteiger partial charge < -0.3 is 15.2 Å². The molecule has 6 heteroatoms. The molecule has 136 valence electrons. The fourth-order valence-corrected chi connectivity index (χ4v) is 3.79. The highest BCUT2D eigenvalue weighted by Crippen LogP contribution is 2.28. The third-order valence-corrected chi connectivity index (χ3v) is 5.19. The van der Waals surface area contributed by atoms with E-state index in [0.717, 1.165) is 28.8 Å². The van der Waals surface area contributed by atoms with Gasteiger partial charge in [-0.3, -0.25) is 9.59 Å². The fourth-order valence-electron chi connectivity index (χ4n) is 2.91. The van der Waals surface area contributed by atoms with Gasteiger partial charge >= 0.3 is 5.97 Å². The van der Waals surface area contributed by atoms with Crippen molar-refractivity contribution in [3.05, 3.63) is 65.2 Å². The van der Waals surface area contributed by atoms with E-state index in [1.165, 1.54) is 0 Å². The Balaban J connectivity index is 1.61. The Bertz CT molecular complexity index is 793. The number of carboxylic acids is 1. The van der Waals surface area contributed by atoms with Gasteiger partial charge in [-0.05, 0) is 35.2 Å². The summed E-state index contributed by atoms with van der Waals surface area (Å²) in [6.45, 7) is 0.537. The summed E-state index contributed by atoms with van der Waals surface area (Å²) in [6, 6.07) is 15.5. The largest absolute Gasteiger partial charge is 0.481 e. The van der Waals surface area contributed by atoms with Crippen molar-refractivity contribution >= 4 is 29.3 Å². The van der Waals surface area contributed by atoms with E-state index in [2.05, 4.69) is 5.32 Å². The summed E-state index contributed by atoms with van der Waals surface area (Å²) >= 11 is 1.56. The Hall–Kier alpha value is -2.31. The van der Waals surface area contributed by atoms with Crippen molar-refractivity contribution in [3.8, 4) is 0 Å². The lowest BCUT2D eigenvalue weighted by Crippen LogP contribution is -2.28. The summed E-state index contributed by atoms with van der Waals surface area (Å²) < 4.78 is 5.70. The molecule has 0 saturated heterocycles. The van der Waals surface area contributed by atoms with E-state index in [1.807, 2.05) is 48.5 Å². The normalized spacial score (nSPS) is 15.9. The number of fused-ring (bicyclic) bond motifs is 1. The van der Waals surface area contributed by atoms with E-state index < -0.39 is 12.1 Å². The van der Waals surface area contributed by atoms with E-state index in [-0.39, 0.29) is 12.3 Å². The smallest absolute Gasteiger partial charge is 0.304 e. The maximum Gasteiger partial charge on any atom is 0.304 e. The van der Waals surface area contributed by atoms with E-state index in [0.29, 0.717) is 18.1 Å². The third kappa shape index (κ3) is 4.86. The van der Waals surface area contributed by atoms with Crippen LogP contribution in [0.3, 0.4) is 0 Å². The first-order chi connectivity index (χ1) is 12.6. The van der Waals surface area contributed by atoms with Crippen LogP contribution in [-0.4, -0.2) is 29.3 Å². The molecule has 0 aliphatic carbocycles. The standard InChI is InChI=1S/C20H21NO4S/c22-18(23)9-11-26-13-14-4-3-6-16(12-14)21-20(24)19-17-7-2-1-5-15(17)8-10-25-19/h1-7,12,19H,8-11,13H2,(H,21,24)(H,22,23). The summed E-state index contributed by atoms with van der Waals surface area (Å²) in [4.78, 5) is 23.2. The number of rotatable bonds is 7. The second-order valence-corrected chi connectivity index (χ2v) is 7.19. The number of hydrogen-bond donors (Lipinski definition) is 2. The fraction of sp³-hybridized carbons (Fsp3) is 0.300. The molecule has 0 fully saturated rings. The Labute approximate surface area is 156 Å². The monoisotopic (exact) mass is 371 g/mol. The van der Waals surface area contributed by atoms with Crippen molar-refractivity contribution in [2.24, 2.45) is 0 Å². The van der Waals surface area contributed by atoms with Crippen LogP contribution in [0.2, 0.25) is 0 Å². The highest BCUT2D eigenvalue weighted by molar-refractivity contribution is 7.98. The number of anilines is 1. The van der Waals surface area contributed by atoms with Crippen molar-refractivity contribution in [2.45, 2.75) is 24.7 Å². The van der Waals surface area contributed by atoms with Gasteiger partial charge in [0.25, 0.3) is 5.91 Å². The average molecular weight is 371 g/mol. The molecule has 2 aromatic carbocycles. The van der Waals surface area contributed by atoms with Gasteiger partial charge in [0, 0.05) is 17.2 Å². The van der Waals surface area contributed by atoms with Gasteiger partial charge in [-0.25, -0.2) is 0 Å². The molecule has 1 atom stereocenters. The molecule has 0 bridgehead atoms. The van der Waals surface area contributed by atoms with Gasteiger partial charge in [0.05, 0.1) is 13.0 Å². The minimum absolute atomic E-state index is 0.152. The number of amides is 1. The quantitative estimate of drug-likeness (QED) is 0.727. The van der Waals surface area contributed by atoms with Crippen molar-refractivity contribution in [3.63, 3.8) is 0 Å². The Morgan fingerprint density at radius 1 is 1.19 bits per heavy atom. The maximum absolute atomic E-state index is 12.7. The van der Waals surface area contributed by atoms with E-state index >= 15 is 0 Å². The zero-order valence-electron chi connectivity index (χ0n) is 14.3. The van der Waals surface area contributed by atoms with Crippen LogP contribution in [0.15, 0.2) is 48.5 Å². The van der Waals surface area contributed by atoms with Crippen molar-refractivity contribution in [1.82, 2.24) is 0 Å². The van der Waals surface area contributed by atoms with Crippen LogP contribution in [0, 0.1) is 0 Å². The maximum atomic E-state index is 12.7. The first kappa shape index (κ1) is 18.5. The van der Waals surface area contributed by atoms with Crippen LogP contribution in [0.25, 0.3) is 0 Å². The number of benzene rings is 2. The second-order valence-electron chi connectivity index (χ2n) is 6.09. The number of ether oxygens (including phenoxy) is 1. The first-order valence-corrected chi connectivity index (χ1v) is 9.68. The van der Waals surface area contributed by atoms with Gasteiger partial charge in [0.2, 0.25) is 0 Å². The molecule has 2 N–H and O–H groups in total. The van der Waals surface area contributed by atoms with Gasteiger partial charge in [-0.2, -0.15) is 11.8 Å². The molecule has 1 aliphatic rings. The van der Waals surface area contributed by atoms with Crippen molar-refractivity contribution in [1.29, 1.82) is 0 Å². The SMILES string of the molecule is O=C(O)CCSCc1cccc(NC(=O)C2OCCc3ccccc32)c1. The zero-order valence-corrected chi connectivity index (χ0v) is 15.1. The number of thioether (sulfide) groups is 1. The summed E-state index contributed by atoms with van der Waals surface area (Å²) in [6.07, 6.45) is 0.385. The zero-order chi connectivity index (χ0) is 18.4. The van der Waals surface area contributed by atoms with Crippen molar-refractivity contribution < 1.29 is 19.4 Å². The lowest BCUT2D eigenvalue weighted by molar-refractivity contribution is -0.136. The molecule has 0 spiro atoms. The molecule has 5 nitrogen and oxygen atoms in total. The lowest BCUT2D eigenvalue weighted by atomic mass is 9.97. The minimum atomic E-state index is -0.786. The Morgan fingerprint density at radius 3 is 2.88 bits per heavy atom. The number of carboxylic acid groups (broad SMARTS) is 1. The number of hydrogen-bond acceptors (Lipinski definition) is 4. The molecule has 1 aliphatic heterocycles. The van der Waals surface area contributed by atoms with Gasteiger partial charge in [0.1, 0.15) is 0 Å². The van der Waals surface area contributed by atoms with Crippen molar-refractivity contribution in [2.75, 3.05) is 17.7 Å². The summed E-state index contributed by atoms with van der Waals surface area (Å²) in [5.41, 5.74) is 3.85. The predicted octanol–water partition coefficient (Wildman–Crippen LogP) is 3.65. The van der Waals surface area contributed by atoms with Crippen LogP contribution in [0.5, 0.6) is 0 Å². The van der Waals surface area contributed by atoms with Crippen LogP contribution in [0.4, 0.5) is 5.69 Å². The summed E-state index contributed by atoms with van der Waals surface area (Å²) in [7, 11) is 0. The molecule has 1 unspecified atom stereocenters. The van der Waals surface area contributed by atoms with Crippen LogP contribution >= 0.6 is 11.8 Å². The molecule has 26 heavy (non-hydrogen) atoms. The molecule has 0 saturated carbocycles. The highest BCUT2D eigenvalue weighted by atomic mass is 32.2. The van der Waals surface area contributed by atoms with Crippen LogP contribution in [-0.2, 0) is 26.5 Å². The Morgan fingerprint density at radius 2 is 2.04 bits per heavy atom. The molecule has 0 aromatic heterocycles. The van der Waals surface area contributed by atoms with Gasteiger partial charge in [0.15, 0.2) is 6.10 Å². The van der Waals surface area contributed by atoms with Crippen LogP contribution in [0.1, 0.15) is 29.2 Å². The summed E-state index contributed by atoms with van der Waals surface area (Å²) in [5, 5.41) is 11.6. The van der Waals surface area contributed by atoms with E-state index in [4.69, 9.17) is 9.84 Å².